The maximum atomic E-state index is 13.5. The van der Waals surface area contributed by atoms with Crippen molar-refractivity contribution in [1.29, 1.82) is 0 Å². The fraction of sp³-hybridized carbons (Fsp3) is 0.500. The monoisotopic (exact) mass is 827 g/mol. The fourth-order valence-electron chi connectivity index (χ4n) is 7.25. The third-order valence-corrected chi connectivity index (χ3v) is 10.3. The van der Waals surface area contributed by atoms with E-state index in [4.69, 9.17) is 13.1 Å². The molecule has 2 aliphatic rings. The number of nitrogens with one attached hydrogen (secondary N) is 1. The molecule has 0 spiro atoms. The van der Waals surface area contributed by atoms with Crippen LogP contribution in [0.1, 0.15) is 128 Å². The van der Waals surface area contributed by atoms with Crippen molar-refractivity contribution in [3.63, 3.8) is 0 Å². The van der Waals surface area contributed by atoms with Crippen LogP contribution in [0.3, 0.4) is 0 Å². The Labute approximate surface area is 344 Å². The van der Waals surface area contributed by atoms with Gasteiger partial charge in [0.15, 0.2) is 0 Å². The zero-order chi connectivity index (χ0) is 40.7. The van der Waals surface area contributed by atoms with Gasteiger partial charge < -0.3 is 26.4 Å². The summed E-state index contributed by atoms with van der Waals surface area (Å²) >= 11 is 0. The number of alkyl halides is 3. The average molecular weight is 828 g/mol. The number of benzene rings is 2. The molecule has 58 heavy (non-hydrogen) atoms. The number of carbonyl (C=O) groups is 3. The van der Waals surface area contributed by atoms with E-state index in [0.717, 1.165) is 91.7 Å². The maximum absolute atomic E-state index is 13.5. The first kappa shape index (κ1) is 53.3. The van der Waals surface area contributed by atoms with Crippen LogP contribution in [-0.2, 0) is 33.6 Å². The summed E-state index contributed by atoms with van der Waals surface area (Å²) in [5.41, 5.74) is 4.03. The number of Topliss-reactive ketones (excluding diaryl/α,β-unsaturated/α-hetero) is 2. The van der Waals surface area contributed by atoms with Gasteiger partial charge in [-0.05, 0) is 94.5 Å². The molecule has 0 aliphatic heterocycles. The van der Waals surface area contributed by atoms with Crippen LogP contribution in [0.25, 0.3) is 9.69 Å². The van der Waals surface area contributed by atoms with Gasteiger partial charge in [0.25, 0.3) is 23.7 Å². The van der Waals surface area contributed by atoms with Gasteiger partial charge in [0.1, 0.15) is 11.6 Å². The van der Waals surface area contributed by atoms with Crippen molar-refractivity contribution in [3.8, 4) is 0 Å². The Balaban J connectivity index is 0.000000918. The highest BCUT2D eigenvalue weighted by molar-refractivity contribution is 6.92. The normalized spacial score (nSPS) is 13.8. The highest BCUT2D eigenvalue weighted by Crippen LogP contribution is 2.39. The Morgan fingerprint density at radius 3 is 1.81 bits per heavy atom. The Morgan fingerprint density at radius 2 is 1.34 bits per heavy atom. The molecule has 6 N–H and O–H groups in total. The first-order valence-electron chi connectivity index (χ1n) is 19.0. The van der Waals surface area contributed by atoms with Crippen LogP contribution in [-0.4, -0.2) is 34.1 Å². The summed E-state index contributed by atoms with van der Waals surface area (Å²) < 4.78 is 42.0. The second kappa shape index (κ2) is 25.6. The number of aromatic nitrogens is 1. The summed E-state index contributed by atoms with van der Waals surface area (Å²) in [6.07, 6.45) is 5.49. The van der Waals surface area contributed by atoms with Crippen molar-refractivity contribution < 1.29 is 33.0 Å². The number of amides is 1. The number of hydrogen-bond donors (Lipinski definition) is 2. The molecule has 1 heterocycles. The molecule has 2 aliphatic carbocycles. The van der Waals surface area contributed by atoms with Gasteiger partial charge in [-0.15, -0.1) is 0 Å². The summed E-state index contributed by atoms with van der Waals surface area (Å²) in [7, 11) is 0. The van der Waals surface area contributed by atoms with Gasteiger partial charge in [0.05, 0.1) is 18.6 Å². The lowest BCUT2D eigenvalue weighted by atomic mass is 9.85. The van der Waals surface area contributed by atoms with Gasteiger partial charge >= 0.3 is 6.18 Å². The molecular weight excluding hydrogens is 766 g/mol. The molecule has 2 saturated carbocycles. The minimum absolute atomic E-state index is 0. The quantitative estimate of drug-likeness (QED) is 0.125. The van der Waals surface area contributed by atoms with Gasteiger partial charge in [-0.1, -0.05) is 86.1 Å². The zero-order valence-electron chi connectivity index (χ0n) is 34.6. The second-order valence-electron chi connectivity index (χ2n) is 14.8. The van der Waals surface area contributed by atoms with Crippen molar-refractivity contribution in [2.45, 2.75) is 130 Å². The third-order valence-electron chi connectivity index (χ3n) is 10.3. The van der Waals surface area contributed by atoms with E-state index in [1.165, 1.54) is 23.5 Å². The topological polar surface area (TPSA) is 160 Å². The predicted molar refractivity (Wildman–Crippen MR) is 229 cm³/mol. The van der Waals surface area contributed by atoms with Gasteiger partial charge in [-0.2, -0.15) is 23.1 Å². The molecule has 2 fully saturated rings. The standard InChI is InChI=1S/C22H23F3N2O.C12H14N2O.C10H16O2.H3N.H2O.H3P/c1-14-9-10-17(15(2)11-14)13-27-19(16-7-5-4-6-8-16)12-18(22(23,24)25)20(26-3)21(27)28;1-9-4-5-11(10(2)6-9)7-14-12(15)8-13-3;1-8(11)7-10(12)9-5-3-2-4-6-9;;;/h9-12,16H,4-8,13H2,1-2H3;4-6H,7-8H2,1-2H3,(H,14,15);9H,2-7H2,1H3;1H3;1H2;1H3. The molecule has 2 aromatic carbocycles. The Bertz CT molecular complexity index is 1970. The minimum atomic E-state index is -4.72. The number of carbonyl (C=O) groups excluding carboxylic acids is 3. The van der Waals surface area contributed by atoms with Crippen LogP contribution in [0.15, 0.2) is 47.3 Å². The van der Waals surface area contributed by atoms with Gasteiger partial charge in [-0.3, -0.25) is 19.2 Å². The van der Waals surface area contributed by atoms with Crippen LogP contribution in [0.5, 0.6) is 0 Å². The Kier molecular flexibility index (Phi) is 23.6. The van der Waals surface area contributed by atoms with Gasteiger partial charge in [0.2, 0.25) is 0 Å². The Hall–Kier alpha value is -4.68. The van der Waals surface area contributed by atoms with Crippen molar-refractivity contribution in [2.24, 2.45) is 5.92 Å². The highest BCUT2D eigenvalue weighted by Gasteiger charge is 2.37. The van der Waals surface area contributed by atoms with E-state index >= 15 is 0 Å². The number of nitrogens with zero attached hydrogens (tertiary/aromatic N) is 3. The largest absolute Gasteiger partial charge is 0.412 e. The highest BCUT2D eigenvalue weighted by atomic mass is 31.0. The number of hydrogen-bond acceptors (Lipinski definition) is 5. The molecule has 14 heteroatoms. The van der Waals surface area contributed by atoms with Crippen molar-refractivity contribution in [2.75, 3.05) is 6.54 Å². The lowest BCUT2D eigenvalue weighted by Crippen LogP contribution is -2.29. The summed E-state index contributed by atoms with van der Waals surface area (Å²) in [5, 5.41) is 2.71. The maximum Gasteiger partial charge on any atom is 0.407 e. The molecule has 0 saturated heterocycles. The summed E-state index contributed by atoms with van der Waals surface area (Å²) in [6.45, 7) is 23.7. The van der Waals surface area contributed by atoms with Gasteiger partial charge in [0, 0.05) is 24.7 Å². The van der Waals surface area contributed by atoms with E-state index in [0.29, 0.717) is 12.2 Å². The zero-order valence-corrected chi connectivity index (χ0v) is 36.0. The number of pyridine rings is 1. The molecule has 1 amide bonds. The van der Waals surface area contributed by atoms with E-state index < -0.39 is 23.0 Å². The smallest absolute Gasteiger partial charge is 0.407 e. The fourth-order valence-corrected chi connectivity index (χ4v) is 7.25. The molecule has 0 radical (unpaired) electrons. The van der Waals surface area contributed by atoms with Crippen LogP contribution in [0, 0.1) is 46.8 Å². The molecule has 10 nitrogen and oxygen atoms in total. The van der Waals surface area contributed by atoms with E-state index in [1.54, 1.807) is 0 Å². The van der Waals surface area contributed by atoms with Crippen LogP contribution >= 0.6 is 9.90 Å². The van der Waals surface area contributed by atoms with E-state index in [-0.39, 0.29) is 70.3 Å². The van der Waals surface area contributed by atoms with Crippen molar-refractivity contribution >= 4 is 33.1 Å². The molecule has 3 aromatic rings. The van der Waals surface area contributed by atoms with Crippen LogP contribution in [0.4, 0.5) is 18.9 Å². The van der Waals surface area contributed by atoms with E-state index in [1.807, 2.05) is 58.0 Å². The molecule has 1 aromatic heterocycles. The number of aryl methyl sites for hydroxylation is 4. The average Bonchev–Trinajstić information content (AvgIpc) is 3.13. The number of halogens is 3. The number of ketones is 2. The van der Waals surface area contributed by atoms with Crippen molar-refractivity contribution in [3.05, 3.63) is 120 Å². The van der Waals surface area contributed by atoms with E-state index in [9.17, 15) is 32.3 Å². The SMILES string of the molecule is CC(=O)CC(=O)C1CCCCC1.N.O.P.[C-]#[N+]CC(=O)NCc1ccc(C)cc1C.[C-]#[N+]c1c(C(F)(F)F)cc(C2CCCCC2)n(Cc2ccc(C)cc2C)c1=O. The molecular formula is C44H61F3N5O5P. The molecule has 318 valence electrons. The van der Waals surface area contributed by atoms with E-state index in [2.05, 4.69) is 21.1 Å². The summed E-state index contributed by atoms with van der Waals surface area (Å²) in [4.78, 5) is 52.1. The van der Waals surface area contributed by atoms with Gasteiger partial charge in [-0.25, -0.2) is 11.4 Å². The van der Waals surface area contributed by atoms with Crippen LogP contribution in [0.2, 0.25) is 0 Å². The molecule has 5 rings (SSSR count). The minimum Gasteiger partial charge on any atom is -0.412 e. The third kappa shape index (κ3) is 16.3. The lowest BCUT2D eigenvalue weighted by molar-refractivity contribution is -0.137. The Morgan fingerprint density at radius 1 is 0.828 bits per heavy atom. The first-order chi connectivity index (χ1) is 26.0. The first-order valence-corrected chi connectivity index (χ1v) is 19.0. The molecule has 0 bridgehead atoms. The predicted octanol–water partition coefficient (Wildman–Crippen LogP) is 9.48. The molecule has 1 unspecified atom stereocenters. The van der Waals surface area contributed by atoms with Crippen molar-refractivity contribution in [1.82, 2.24) is 16.0 Å². The molecule has 1 atom stereocenters. The lowest BCUT2D eigenvalue weighted by Gasteiger charge is -2.27. The van der Waals surface area contributed by atoms with Crippen LogP contribution < -0.4 is 17.0 Å². The summed E-state index contributed by atoms with van der Waals surface area (Å²) in [6, 6.07) is 13.0. The summed E-state index contributed by atoms with van der Waals surface area (Å²) in [5.74, 6) is 0.0634. The number of rotatable bonds is 9. The second-order valence-corrected chi connectivity index (χ2v) is 14.8.